The molecule has 1 atom stereocenters. The van der Waals surface area contributed by atoms with Crippen LogP contribution in [0.1, 0.15) is 56.2 Å². The van der Waals surface area contributed by atoms with Crippen molar-refractivity contribution in [3.8, 4) is 11.5 Å². The van der Waals surface area contributed by atoms with Crippen LogP contribution in [-0.2, 0) is 34.4 Å². The monoisotopic (exact) mass is 643 g/mol. The maximum Gasteiger partial charge on any atom is 0.224 e. The first-order valence-electron chi connectivity index (χ1n) is 15.3. The molecule has 0 saturated heterocycles. The van der Waals surface area contributed by atoms with Crippen molar-refractivity contribution >= 4 is 15.9 Å². The third kappa shape index (κ3) is 12.1. The molecule has 9 nitrogen and oxygen atoms in total. The van der Waals surface area contributed by atoms with Crippen molar-refractivity contribution in [3.63, 3.8) is 0 Å². The van der Waals surface area contributed by atoms with Crippen LogP contribution in [-0.4, -0.2) is 66.9 Å². The lowest BCUT2D eigenvalue weighted by Gasteiger charge is -2.32. The van der Waals surface area contributed by atoms with Gasteiger partial charge in [-0.05, 0) is 66.6 Å². The molecule has 0 aliphatic rings. The Morgan fingerprint density at radius 3 is 2.27 bits per heavy atom. The molecule has 0 spiro atoms. The molecule has 1 amide bonds. The van der Waals surface area contributed by atoms with Gasteiger partial charge in [-0.15, -0.1) is 0 Å². The van der Waals surface area contributed by atoms with E-state index in [1.54, 1.807) is 24.3 Å². The molecule has 0 aromatic heterocycles. The number of halogens is 1. The SMILES string of the molecule is CCCN(CCC)S(=O)(=O)CCC(=O)N(Cc1cccc(OC)c1)C[C@@](N)(O)CCc1cc(F)cc(OCc2ccccc2)c1. The zero-order chi connectivity index (χ0) is 32.9. The summed E-state index contributed by atoms with van der Waals surface area (Å²) in [5.41, 5.74) is 6.72. The molecule has 0 saturated carbocycles. The summed E-state index contributed by atoms with van der Waals surface area (Å²) in [6, 6.07) is 21.0. The number of rotatable bonds is 19. The minimum atomic E-state index is -3.65. The van der Waals surface area contributed by atoms with Crippen molar-refractivity contribution < 1.29 is 32.2 Å². The summed E-state index contributed by atoms with van der Waals surface area (Å²) in [6.07, 6.45) is 1.29. The number of carbonyl (C=O) groups excluding carboxylic acids is 1. The first kappa shape index (κ1) is 36.0. The Bertz CT molecular complexity index is 1460. The molecule has 0 heterocycles. The fraction of sp³-hybridized carbons (Fsp3) is 0.441. The number of carbonyl (C=O) groups is 1. The van der Waals surface area contributed by atoms with Crippen LogP contribution < -0.4 is 15.2 Å². The van der Waals surface area contributed by atoms with Crippen LogP contribution in [0.4, 0.5) is 4.39 Å². The van der Waals surface area contributed by atoms with E-state index in [0.717, 1.165) is 11.1 Å². The normalized spacial score (nSPS) is 13.0. The molecule has 0 bridgehead atoms. The van der Waals surface area contributed by atoms with Gasteiger partial charge < -0.3 is 25.2 Å². The Morgan fingerprint density at radius 2 is 1.60 bits per heavy atom. The van der Waals surface area contributed by atoms with E-state index in [1.807, 2.05) is 50.2 Å². The summed E-state index contributed by atoms with van der Waals surface area (Å²) < 4.78 is 53.0. The predicted octanol–water partition coefficient (Wildman–Crippen LogP) is 4.86. The second-order valence-electron chi connectivity index (χ2n) is 11.2. The highest BCUT2D eigenvalue weighted by molar-refractivity contribution is 7.89. The van der Waals surface area contributed by atoms with Gasteiger partial charge in [-0.3, -0.25) is 4.79 Å². The number of nitrogens with zero attached hydrogens (tertiary/aromatic N) is 2. The average Bonchev–Trinajstić information content (AvgIpc) is 3.01. The smallest absolute Gasteiger partial charge is 0.224 e. The van der Waals surface area contributed by atoms with E-state index < -0.39 is 27.5 Å². The first-order chi connectivity index (χ1) is 21.4. The van der Waals surface area contributed by atoms with Crippen LogP contribution in [0.2, 0.25) is 0 Å². The summed E-state index contributed by atoms with van der Waals surface area (Å²) in [4.78, 5) is 14.9. The Hall–Kier alpha value is -3.51. The Morgan fingerprint density at radius 1 is 0.933 bits per heavy atom. The number of benzene rings is 3. The van der Waals surface area contributed by atoms with Crippen molar-refractivity contribution in [1.82, 2.24) is 9.21 Å². The van der Waals surface area contributed by atoms with Crippen molar-refractivity contribution in [2.75, 3.05) is 32.5 Å². The second-order valence-corrected chi connectivity index (χ2v) is 13.3. The predicted molar refractivity (Wildman–Crippen MR) is 174 cm³/mol. The second kappa shape index (κ2) is 17.3. The van der Waals surface area contributed by atoms with Crippen LogP contribution >= 0.6 is 0 Å². The van der Waals surface area contributed by atoms with Crippen molar-refractivity contribution in [3.05, 3.63) is 95.3 Å². The van der Waals surface area contributed by atoms with Gasteiger partial charge in [0.25, 0.3) is 0 Å². The Kier molecular flexibility index (Phi) is 13.8. The van der Waals surface area contributed by atoms with Gasteiger partial charge in [0, 0.05) is 32.1 Å². The number of nitrogens with two attached hydrogens (primary N) is 1. The minimum Gasteiger partial charge on any atom is -0.497 e. The van der Waals surface area contributed by atoms with E-state index in [-0.39, 0.29) is 44.7 Å². The van der Waals surface area contributed by atoms with E-state index >= 15 is 0 Å². The van der Waals surface area contributed by atoms with Gasteiger partial charge in [-0.1, -0.05) is 56.3 Å². The third-order valence-electron chi connectivity index (χ3n) is 7.26. The van der Waals surface area contributed by atoms with Gasteiger partial charge in [0.1, 0.15) is 29.6 Å². The van der Waals surface area contributed by atoms with Gasteiger partial charge >= 0.3 is 0 Å². The number of hydrogen-bond acceptors (Lipinski definition) is 7. The lowest BCUT2D eigenvalue weighted by atomic mass is 10.0. The van der Waals surface area contributed by atoms with E-state index in [2.05, 4.69) is 0 Å². The molecule has 0 radical (unpaired) electrons. The molecule has 0 aliphatic heterocycles. The molecule has 3 N–H and O–H groups in total. The molecule has 0 fully saturated rings. The van der Waals surface area contributed by atoms with Crippen LogP contribution in [0.3, 0.4) is 0 Å². The van der Waals surface area contributed by atoms with E-state index in [1.165, 1.54) is 28.4 Å². The van der Waals surface area contributed by atoms with Crippen LogP contribution in [0.5, 0.6) is 11.5 Å². The number of ether oxygens (including phenoxy) is 2. The summed E-state index contributed by atoms with van der Waals surface area (Å²) in [7, 11) is -2.12. The van der Waals surface area contributed by atoms with Crippen molar-refractivity contribution in [2.24, 2.45) is 5.73 Å². The van der Waals surface area contributed by atoms with Crippen molar-refractivity contribution in [2.45, 2.75) is 64.8 Å². The number of amides is 1. The Labute approximate surface area is 266 Å². The molecule has 0 aliphatic carbocycles. The third-order valence-corrected chi connectivity index (χ3v) is 9.14. The fourth-order valence-electron chi connectivity index (χ4n) is 4.98. The molecule has 3 aromatic carbocycles. The van der Waals surface area contributed by atoms with Crippen molar-refractivity contribution in [1.29, 1.82) is 0 Å². The van der Waals surface area contributed by atoms with Gasteiger partial charge in [-0.2, -0.15) is 0 Å². The molecule has 0 unspecified atom stereocenters. The maximum atomic E-state index is 14.4. The maximum absolute atomic E-state index is 14.4. The first-order valence-corrected chi connectivity index (χ1v) is 16.9. The topological polar surface area (TPSA) is 122 Å². The zero-order valence-corrected chi connectivity index (χ0v) is 27.3. The largest absolute Gasteiger partial charge is 0.497 e. The molecule has 45 heavy (non-hydrogen) atoms. The summed E-state index contributed by atoms with van der Waals surface area (Å²) >= 11 is 0. The molecule has 3 aromatic rings. The van der Waals surface area contributed by atoms with Gasteiger partial charge in [0.2, 0.25) is 15.9 Å². The number of sulfonamides is 1. The fourth-order valence-corrected chi connectivity index (χ4v) is 6.59. The standard InChI is InChI=1S/C34H46FN3O6S/c1-4-17-38(18-5-2)45(41,42)19-15-33(39)37(24-29-12-9-13-31(22-29)43-3)26-34(36,40)16-14-28-20-30(35)23-32(21-28)44-25-27-10-7-6-8-11-27/h6-13,20-23,40H,4-5,14-19,24-26,36H2,1-3H3/t34-/m0/s1. The number of methoxy groups -OCH3 is 1. The number of aliphatic hydroxyl groups is 1. The summed E-state index contributed by atoms with van der Waals surface area (Å²) in [5.74, 6) is -0.339. The van der Waals surface area contributed by atoms with Gasteiger partial charge in [-0.25, -0.2) is 17.1 Å². The number of hydrogen-bond donors (Lipinski definition) is 2. The highest BCUT2D eigenvalue weighted by atomic mass is 32.2. The van der Waals surface area contributed by atoms with Crippen LogP contribution in [0, 0.1) is 5.82 Å². The van der Waals surface area contributed by atoms with E-state index in [4.69, 9.17) is 15.2 Å². The van der Waals surface area contributed by atoms with E-state index in [9.17, 15) is 22.7 Å². The highest BCUT2D eigenvalue weighted by Crippen LogP contribution is 2.22. The molecular formula is C34H46FN3O6S. The molecular weight excluding hydrogens is 597 g/mol. The lowest BCUT2D eigenvalue weighted by Crippen LogP contribution is -2.52. The molecule has 246 valence electrons. The van der Waals surface area contributed by atoms with Crippen LogP contribution in [0.25, 0.3) is 0 Å². The number of aryl methyl sites for hydroxylation is 1. The minimum absolute atomic E-state index is 0.00947. The Balaban J connectivity index is 1.72. The molecule has 3 rings (SSSR count). The molecule has 11 heteroatoms. The average molecular weight is 644 g/mol. The quantitative estimate of drug-likeness (QED) is 0.179. The lowest BCUT2D eigenvalue weighted by molar-refractivity contribution is -0.135. The van der Waals surface area contributed by atoms with Gasteiger partial charge in [0.15, 0.2) is 0 Å². The summed E-state index contributed by atoms with van der Waals surface area (Å²) in [6.45, 7) is 4.69. The van der Waals surface area contributed by atoms with Crippen LogP contribution in [0.15, 0.2) is 72.8 Å². The summed E-state index contributed by atoms with van der Waals surface area (Å²) in [5, 5.41) is 11.2. The van der Waals surface area contributed by atoms with Gasteiger partial charge in [0.05, 0.1) is 19.4 Å². The highest BCUT2D eigenvalue weighted by Gasteiger charge is 2.29. The zero-order valence-electron chi connectivity index (χ0n) is 26.5. The van der Waals surface area contributed by atoms with E-state index in [0.29, 0.717) is 43.0 Å².